The summed E-state index contributed by atoms with van der Waals surface area (Å²) in [4.78, 5) is 0. The number of hydrogen-bond acceptors (Lipinski definition) is 2. The molecule has 53 heavy (non-hydrogen) atoms. The van der Waals surface area contributed by atoms with E-state index in [2.05, 4.69) is 170 Å². The summed E-state index contributed by atoms with van der Waals surface area (Å²) in [6, 6.07) is 67.4. The van der Waals surface area contributed by atoms with Crippen LogP contribution in [0.25, 0.3) is 66.1 Å². The highest BCUT2D eigenvalue weighted by atomic mass is 16.5. The number of benzene rings is 9. The van der Waals surface area contributed by atoms with Crippen LogP contribution in [0.2, 0.25) is 0 Å². The van der Waals surface area contributed by atoms with Gasteiger partial charge in [0.1, 0.15) is 23.0 Å². The van der Waals surface area contributed by atoms with Gasteiger partial charge in [0.05, 0.1) is 0 Å². The summed E-state index contributed by atoms with van der Waals surface area (Å²) in [6.45, 7) is 0.00889. The molecule has 9 aromatic carbocycles. The quantitative estimate of drug-likeness (QED) is 0.137. The molecule has 11 rings (SSSR count). The Morgan fingerprint density at radius 2 is 0.830 bits per heavy atom. The summed E-state index contributed by atoms with van der Waals surface area (Å²) in [5.41, 5.74) is 12.9. The zero-order valence-corrected chi connectivity index (χ0v) is 28.8. The highest BCUT2D eigenvalue weighted by molar-refractivity contribution is 6.98. The Labute approximate surface area is 308 Å². The van der Waals surface area contributed by atoms with Crippen LogP contribution >= 0.6 is 0 Å². The Hall–Kier alpha value is -6.84. The van der Waals surface area contributed by atoms with Crippen LogP contribution < -0.4 is 25.9 Å². The lowest BCUT2D eigenvalue weighted by Gasteiger charge is -2.33. The van der Waals surface area contributed by atoms with Crippen LogP contribution in [0.15, 0.2) is 188 Å². The second-order valence-corrected chi connectivity index (χ2v) is 13.9. The molecule has 3 heteroatoms. The average molecular weight is 675 g/mol. The lowest BCUT2D eigenvalue weighted by Crippen LogP contribution is -2.57. The van der Waals surface area contributed by atoms with Gasteiger partial charge in [-0.05, 0) is 95.7 Å². The van der Waals surface area contributed by atoms with E-state index in [1.807, 2.05) is 18.2 Å². The van der Waals surface area contributed by atoms with Crippen molar-refractivity contribution in [1.82, 2.24) is 0 Å². The third-order valence-electron chi connectivity index (χ3n) is 11.0. The fourth-order valence-electron chi connectivity index (χ4n) is 8.76. The second kappa shape index (κ2) is 11.9. The van der Waals surface area contributed by atoms with E-state index in [1.165, 1.54) is 54.9 Å². The van der Waals surface area contributed by atoms with Crippen molar-refractivity contribution in [3.63, 3.8) is 0 Å². The summed E-state index contributed by atoms with van der Waals surface area (Å²) in [5.74, 6) is 3.50. The number of para-hydroxylation sites is 2. The SMILES string of the molecule is c1ccc(-c2cccc(-c3c4ccccc4c(-c4ccccc4-c4cccc5c4Oc4cccc6c4B5c4ccccc4O6)c4ccccc34)c2)cc1. The minimum Gasteiger partial charge on any atom is -0.458 e. The molecule has 0 spiro atoms. The van der Waals surface area contributed by atoms with Crippen LogP contribution in [-0.2, 0) is 0 Å². The molecule has 0 saturated carbocycles. The summed E-state index contributed by atoms with van der Waals surface area (Å²) >= 11 is 0. The van der Waals surface area contributed by atoms with Crippen LogP contribution in [0.4, 0.5) is 0 Å². The maximum absolute atomic E-state index is 6.94. The highest BCUT2D eigenvalue weighted by Crippen LogP contribution is 2.48. The Morgan fingerprint density at radius 1 is 0.321 bits per heavy atom. The summed E-state index contributed by atoms with van der Waals surface area (Å²) in [7, 11) is 0. The molecule has 0 fully saturated rings. The Bertz CT molecular complexity index is 2850. The van der Waals surface area contributed by atoms with Gasteiger partial charge < -0.3 is 9.47 Å². The molecule has 0 radical (unpaired) electrons. The van der Waals surface area contributed by atoms with E-state index in [0.717, 1.165) is 50.5 Å². The third kappa shape index (κ3) is 4.61. The summed E-state index contributed by atoms with van der Waals surface area (Å²) in [5, 5.41) is 4.90. The van der Waals surface area contributed by atoms with Crippen LogP contribution in [0.5, 0.6) is 23.0 Å². The molecule has 0 aromatic heterocycles. The summed E-state index contributed by atoms with van der Waals surface area (Å²) in [6.07, 6.45) is 0. The first-order valence-electron chi connectivity index (χ1n) is 18.2. The van der Waals surface area contributed by atoms with Crippen LogP contribution in [-0.4, -0.2) is 6.71 Å². The molecule has 0 amide bonds. The summed E-state index contributed by atoms with van der Waals surface area (Å²) < 4.78 is 13.3. The Morgan fingerprint density at radius 3 is 1.60 bits per heavy atom. The molecule has 0 N–H and O–H groups in total. The maximum Gasteiger partial charge on any atom is 0.260 e. The molecular formula is C50H31BO2. The molecule has 0 saturated heterocycles. The van der Waals surface area contributed by atoms with Gasteiger partial charge in [-0.25, -0.2) is 0 Å². The van der Waals surface area contributed by atoms with E-state index in [-0.39, 0.29) is 6.71 Å². The standard InChI is InChI=1S/C50H31BO2/c1-2-15-32(16-3-1)33-17-12-18-34(31-33)47-37-21-6-8-23-39(37)48(40-24-9-7-22-38(40)47)36-20-5-4-19-35(36)41-25-13-27-43-50(41)53-46-30-14-29-45-49(46)51(43)42-26-10-11-28-44(42)52-45/h1-31H. The van der Waals surface area contributed by atoms with Gasteiger partial charge in [-0.1, -0.05) is 164 Å². The van der Waals surface area contributed by atoms with Crippen molar-refractivity contribution in [2.45, 2.75) is 0 Å². The van der Waals surface area contributed by atoms with Gasteiger partial charge in [-0.3, -0.25) is 0 Å². The molecule has 9 aromatic rings. The van der Waals surface area contributed by atoms with E-state index in [9.17, 15) is 0 Å². The number of fused-ring (bicyclic) bond motifs is 6. The smallest absolute Gasteiger partial charge is 0.260 e. The van der Waals surface area contributed by atoms with Crippen LogP contribution in [0.1, 0.15) is 0 Å². The molecule has 0 aliphatic carbocycles. The molecule has 2 aliphatic heterocycles. The van der Waals surface area contributed by atoms with Gasteiger partial charge in [-0.2, -0.15) is 0 Å². The van der Waals surface area contributed by atoms with Crippen molar-refractivity contribution in [2.75, 3.05) is 0 Å². The van der Waals surface area contributed by atoms with Gasteiger partial charge in [0.25, 0.3) is 6.71 Å². The monoisotopic (exact) mass is 674 g/mol. The van der Waals surface area contributed by atoms with Crippen molar-refractivity contribution in [1.29, 1.82) is 0 Å². The van der Waals surface area contributed by atoms with Crippen molar-refractivity contribution in [3.05, 3.63) is 188 Å². The third-order valence-corrected chi connectivity index (χ3v) is 11.0. The van der Waals surface area contributed by atoms with Gasteiger partial charge in [-0.15, -0.1) is 0 Å². The predicted octanol–water partition coefficient (Wildman–Crippen LogP) is 11.4. The minimum absolute atomic E-state index is 0.00889. The van der Waals surface area contributed by atoms with Crippen molar-refractivity contribution in [3.8, 4) is 67.5 Å². The van der Waals surface area contributed by atoms with Gasteiger partial charge in [0.15, 0.2) is 0 Å². The topological polar surface area (TPSA) is 18.5 Å². The highest BCUT2D eigenvalue weighted by Gasteiger charge is 2.40. The lowest BCUT2D eigenvalue weighted by atomic mass is 9.34. The van der Waals surface area contributed by atoms with Gasteiger partial charge in [0, 0.05) is 11.0 Å². The van der Waals surface area contributed by atoms with Crippen molar-refractivity contribution < 1.29 is 9.47 Å². The Balaban J connectivity index is 1.15. The van der Waals surface area contributed by atoms with Crippen molar-refractivity contribution >= 4 is 44.6 Å². The normalized spacial score (nSPS) is 12.4. The largest absolute Gasteiger partial charge is 0.458 e. The second-order valence-electron chi connectivity index (χ2n) is 13.9. The molecule has 0 unspecified atom stereocenters. The molecular weight excluding hydrogens is 643 g/mol. The van der Waals surface area contributed by atoms with E-state index in [0.29, 0.717) is 0 Å². The maximum atomic E-state index is 6.94. The molecule has 0 atom stereocenters. The number of rotatable bonds is 4. The predicted molar refractivity (Wildman–Crippen MR) is 221 cm³/mol. The zero-order chi connectivity index (χ0) is 34.9. The van der Waals surface area contributed by atoms with E-state index in [4.69, 9.17) is 9.47 Å². The molecule has 2 heterocycles. The van der Waals surface area contributed by atoms with E-state index in [1.54, 1.807) is 0 Å². The van der Waals surface area contributed by atoms with Crippen LogP contribution in [0, 0.1) is 0 Å². The fourth-order valence-corrected chi connectivity index (χ4v) is 8.76. The first kappa shape index (κ1) is 29.9. The molecule has 2 aliphatic rings. The molecule has 0 bridgehead atoms. The molecule has 246 valence electrons. The first-order chi connectivity index (χ1) is 26.3. The molecule has 2 nitrogen and oxygen atoms in total. The van der Waals surface area contributed by atoms with Gasteiger partial charge >= 0.3 is 0 Å². The van der Waals surface area contributed by atoms with Gasteiger partial charge in [0.2, 0.25) is 0 Å². The van der Waals surface area contributed by atoms with Crippen molar-refractivity contribution in [2.24, 2.45) is 0 Å². The zero-order valence-electron chi connectivity index (χ0n) is 28.8. The minimum atomic E-state index is 0.00889. The Kier molecular flexibility index (Phi) is 6.68. The van der Waals surface area contributed by atoms with E-state index < -0.39 is 0 Å². The first-order valence-corrected chi connectivity index (χ1v) is 18.2. The fraction of sp³-hybridized carbons (Fsp3) is 0. The average Bonchev–Trinajstić information content (AvgIpc) is 3.23. The van der Waals surface area contributed by atoms with Crippen LogP contribution in [0.3, 0.4) is 0 Å². The van der Waals surface area contributed by atoms with E-state index >= 15 is 0 Å². The lowest BCUT2D eigenvalue weighted by molar-refractivity contribution is 0.465. The number of ether oxygens (including phenoxy) is 2. The number of hydrogen-bond donors (Lipinski definition) is 0.